The van der Waals surface area contributed by atoms with Gasteiger partial charge < -0.3 is 25.7 Å². The van der Waals surface area contributed by atoms with Crippen LogP contribution in [0.15, 0.2) is 35.8 Å². The van der Waals surface area contributed by atoms with Crippen LogP contribution in [0, 0.1) is 5.41 Å². The summed E-state index contributed by atoms with van der Waals surface area (Å²) in [5.41, 5.74) is 1.61. The van der Waals surface area contributed by atoms with Crippen molar-refractivity contribution in [2.45, 2.75) is 39.2 Å². The van der Waals surface area contributed by atoms with Gasteiger partial charge in [-0.2, -0.15) is 0 Å². The fourth-order valence-corrected chi connectivity index (χ4v) is 6.14. The zero-order valence-corrected chi connectivity index (χ0v) is 27.2. The van der Waals surface area contributed by atoms with E-state index in [1.807, 2.05) is 12.3 Å². The molecule has 0 unspecified atom stereocenters. The van der Waals surface area contributed by atoms with Crippen LogP contribution in [0.4, 0.5) is 10.8 Å². The minimum atomic E-state index is -0.593. The number of hydrogen-bond acceptors (Lipinski definition) is 8. The van der Waals surface area contributed by atoms with E-state index >= 15 is 0 Å². The Bertz CT molecular complexity index is 1440. The zero-order valence-electron chi connectivity index (χ0n) is 24.1. The van der Waals surface area contributed by atoms with E-state index < -0.39 is 11.8 Å². The van der Waals surface area contributed by atoms with Crippen molar-refractivity contribution in [3.8, 4) is 5.75 Å². The van der Waals surface area contributed by atoms with Crippen molar-refractivity contribution in [3.05, 3.63) is 67.6 Å². The van der Waals surface area contributed by atoms with Gasteiger partial charge in [0.15, 0.2) is 0 Å². The first kappa shape index (κ1) is 33.2. The SMILES string of the molecule is CCCC(=N)CCCOc1cc(Cl)cc(C(=O)Nc2ccc(Cl)cn2)c1C(=O)Nc1scc(CN2CCN(C)CC2)c1Cl. The van der Waals surface area contributed by atoms with E-state index in [1.165, 1.54) is 29.7 Å². The number of aromatic nitrogens is 1. The van der Waals surface area contributed by atoms with Crippen LogP contribution in [0.1, 0.15) is 58.9 Å². The summed E-state index contributed by atoms with van der Waals surface area (Å²) in [6.07, 6.45) is 4.20. The second kappa shape index (κ2) is 15.8. The van der Waals surface area contributed by atoms with Gasteiger partial charge >= 0.3 is 0 Å². The van der Waals surface area contributed by atoms with Crippen molar-refractivity contribution in [2.75, 3.05) is 50.5 Å². The van der Waals surface area contributed by atoms with Gasteiger partial charge in [0.2, 0.25) is 0 Å². The van der Waals surface area contributed by atoms with E-state index in [9.17, 15) is 9.59 Å². The summed E-state index contributed by atoms with van der Waals surface area (Å²) in [5.74, 6) is -0.737. The Morgan fingerprint density at radius 3 is 2.51 bits per heavy atom. The van der Waals surface area contributed by atoms with Gasteiger partial charge in [-0.3, -0.25) is 14.5 Å². The van der Waals surface area contributed by atoms with E-state index in [1.54, 1.807) is 12.1 Å². The third-order valence-electron chi connectivity index (χ3n) is 6.96. The molecule has 3 heterocycles. The fourth-order valence-electron chi connectivity index (χ4n) is 4.62. The minimum Gasteiger partial charge on any atom is -0.493 e. The number of nitrogens with zero attached hydrogens (tertiary/aromatic N) is 3. The zero-order chi connectivity index (χ0) is 30.9. The second-order valence-corrected chi connectivity index (χ2v) is 12.5. The maximum absolute atomic E-state index is 13.8. The van der Waals surface area contributed by atoms with Crippen molar-refractivity contribution in [2.24, 2.45) is 0 Å². The van der Waals surface area contributed by atoms with Crippen LogP contribution in [-0.4, -0.2) is 72.1 Å². The molecule has 3 aromatic rings. The second-order valence-electron chi connectivity index (χ2n) is 10.4. The lowest BCUT2D eigenvalue weighted by atomic mass is 10.0. The van der Waals surface area contributed by atoms with E-state index in [0.717, 1.165) is 44.6 Å². The Morgan fingerprint density at radius 2 is 1.81 bits per heavy atom. The number of amides is 2. The summed E-state index contributed by atoms with van der Waals surface area (Å²) in [7, 11) is 2.11. The van der Waals surface area contributed by atoms with Crippen LogP contribution in [0.2, 0.25) is 15.1 Å². The highest BCUT2D eigenvalue weighted by Gasteiger charge is 2.26. The third-order valence-corrected chi connectivity index (χ3v) is 8.89. The minimum absolute atomic E-state index is 0.0146. The molecule has 4 rings (SSSR count). The predicted molar refractivity (Wildman–Crippen MR) is 176 cm³/mol. The molecule has 1 saturated heterocycles. The quantitative estimate of drug-likeness (QED) is 0.130. The predicted octanol–water partition coefficient (Wildman–Crippen LogP) is 7.33. The molecule has 1 fully saturated rings. The number of hydrogen-bond donors (Lipinski definition) is 3. The van der Waals surface area contributed by atoms with E-state index in [0.29, 0.717) is 40.1 Å². The molecule has 1 aliphatic heterocycles. The summed E-state index contributed by atoms with van der Waals surface area (Å²) < 4.78 is 6.01. The molecule has 0 saturated carbocycles. The van der Waals surface area contributed by atoms with Crippen molar-refractivity contribution < 1.29 is 14.3 Å². The van der Waals surface area contributed by atoms with Crippen LogP contribution >= 0.6 is 46.1 Å². The Balaban J connectivity index is 1.57. The molecule has 0 radical (unpaired) electrons. The Hall–Kier alpha value is -2.73. The number of piperazine rings is 1. The summed E-state index contributed by atoms with van der Waals surface area (Å²) in [6, 6.07) is 6.08. The first-order chi connectivity index (χ1) is 20.6. The number of benzene rings is 1. The molecule has 0 bridgehead atoms. The topological polar surface area (TPSA) is 111 Å². The normalized spacial score (nSPS) is 14.0. The summed E-state index contributed by atoms with van der Waals surface area (Å²) in [6.45, 7) is 6.80. The summed E-state index contributed by atoms with van der Waals surface area (Å²) >= 11 is 20.4. The Kier molecular flexibility index (Phi) is 12.2. The molecular weight excluding hydrogens is 631 g/mol. The number of ether oxygens (including phenoxy) is 1. The number of nitrogens with one attached hydrogen (secondary N) is 3. The first-order valence-electron chi connectivity index (χ1n) is 14.1. The van der Waals surface area contributed by atoms with E-state index in [2.05, 4.69) is 32.5 Å². The van der Waals surface area contributed by atoms with Crippen LogP contribution in [0.3, 0.4) is 0 Å². The molecule has 1 aliphatic rings. The number of carbonyl (C=O) groups is 2. The van der Waals surface area contributed by atoms with Gasteiger partial charge in [0.1, 0.15) is 16.6 Å². The lowest BCUT2D eigenvalue weighted by Crippen LogP contribution is -2.43. The maximum Gasteiger partial charge on any atom is 0.260 e. The molecule has 2 aromatic heterocycles. The fraction of sp³-hybridized carbons (Fsp3) is 0.400. The third kappa shape index (κ3) is 9.38. The highest BCUT2D eigenvalue weighted by atomic mass is 35.5. The van der Waals surface area contributed by atoms with Crippen molar-refractivity contribution in [1.29, 1.82) is 5.41 Å². The number of rotatable bonds is 13. The monoisotopic (exact) mass is 664 g/mol. The van der Waals surface area contributed by atoms with Gasteiger partial charge in [-0.15, -0.1) is 11.3 Å². The lowest BCUT2D eigenvalue weighted by Gasteiger charge is -2.32. The average Bonchev–Trinajstić information content (AvgIpc) is 3.31. The number of carbonyl (C=O) groups excluding carboxylic acids is 2. The summed E-state index contributed by atoms with van der Waals surface area (Å²) in [5, 5.41) is 17.2. The van der Waals surface area contributed by atoms with Crippen LogP contribution in [-0.2, 0) is 6.54 Å². The van der Waals surface area contributed by atoms with Crippen LogP contribution < -0.4 is 15.4 Å². The summed E-state index contributed by atoms with van der Waals surface area (Å²) in [4.78, 5) is 36.0. The molecule has 0 spiro atoms. The largest absolute Gasteiger partial charge is 0.493 e. The smallest absolute Gasteiger partial charge is 0.260 e. The molecule has 2 amide bonds. The van der Waals surface area contributed by atoms with Gasteiger partial charge in [0.05, 0.1) is 27.8 Å². The molecular formula is C30H35Cl3N6O3S. The molecule has 1 aromatic carbocycles. The molecule has 13 heteroatoms. The number of likely N-dealkylation sites (N-methyl/N-ethyl adjacent to an activating group) is 1. The van der Waals surface area contributed by atoms with Gasteiger partial charge in [-0.1, -0.05) is 48.1 Å². The molecule has 0 atom stereocenters. The van der Waals surface area contributed by atoms with Gasteiger partial charge in [-0.05, 0) is 61.5 Å². The maximum atomic E-state index is 13.8. The number of anilines is 2. The van der Waals surface area contributed by atoms with Gasteiger partial charge in [0, 0.05) is 49.7 Å². The highest BCUT2D eigenvalue weighted by molar-refractivity contribution is 7.15. The molecule has 9 nitrogen and oxygen atoms in total. The van der Waals surface area contributed by atoms with E-state index in [4.69, 9.17) is 44.9 Å². The number of halogens is 3. The van der Waals surface area contributed by atoms with Crippen LogP contribution in [0.25, 0.3) is 0 Å². The van der Waals surface area contributed by atoms with Gasteiger partial charge in [-0.25, -0.2) is 4.98 Å². The molecule has 3 N–H and O–H groups in total. The number of thiophene rings is 1. The van der Waals surface area contributed by atoms with Gasteiger partial charge in [0.25, 0.3) is 11.8 Å². The van der Waals surface area contributed by atoms with E-state index in [-0.39, 0.29) is 34.3 Å². The van der Waals surface area contributed by atoms with Crippen molar-refractivity contribution >= 4 is 74.5 Å². The Labute approximate surface area is 271 Å². The lowest BCUT2D eigenvalue weighted by molar-refractivity contribution is 0.0987. The molecule has 43 heavy (non-hydrogen) atoms. The van der Waals surface area contributed by atoms with Crippen LogP contribution in [0.5, 0.6) is 5.75 Å². The average molecular weight is 666 g/mol. The number of pyridine rings is 1. The standard InChI is InChI=1S/C30H35Cl3N6O3S/c1-3-5-22(34)6-4-13-42-24-15-21(32)14-23(28(40)36-25-8-7-20(31)16-35-25)26(24)29(41)37-30-27(33)19(18-43-30)17-39-11-9-38(2)10-12-39/h7-8,14-16,18,34H,3-6,9-13,17H2,1-2H3,(H,37,41)(H,35,36,40). The molecule has 230 valence electrons. The first-order valence-corrected chi connectivity index (χ1v) is 16.1. The Morgan fingerprint density at radius 1 is 1.05 bits per heavy atom. The highest BCUT2D eigenvalue weighted by Crippen LogP contribution is 2.36. The molecule has 0 aliphatic carbocycles. The van der Waals surface area contributed by atoms with Crippen molar-refractivity contribution in [1.82, 2.24) is 14.8 Å². The van der Waals surface area contributed by atoms with Crippen molar-refractivity contribution in [3.63, 3.8) is 0 Å².